The van der Waals surface area contributed by atoms with Crippen molar-refractivity contribution in [3.63, 3.8) is 0 Å². The topological polar surface area (TPSA) is 12.5 Å². The highest BCUT2D eigenvalue weighted by Gasteiger charge is 2.35. The van der Waals surface area contributed by atoms with Gasteiger partial charge in [0, 0.05) is 6.54 Å². The van der Waals surface area contributed by atoms with Crippen LogP contribution in [-0.2, 0) is 4.74 Å². The fourth-order valence-corrected chi connectivity index (χ4v) is 6.97. The van der Waals surface area contributed by atoms with Crippen molar-refractivity contribution in [1.82, 2.24) is 4.90 Å². The van der Waals surface area contributed by atoms with Crippen LogP contribution in [0.25, 0.3) is 0 Å². The molecule has 0 N–H and O–H groups in total. The van der Waals surface area contributed by atoms with Gasteiger partial charge in [-0.15, -0.1) is 0 Å². The molecule has 0 saturated carbocycles. The molecule has 1 rings (SSSR count). The Balaban J connectivity index is 2.16. The minimum Gasteiger partial charge on any atom is -0.375 e. The van der Waals surface area contributed by atoms with Crippen molar-refractivity contribution in [2.45, 2.75) is 199 Å². The predicted octanol–water partition coefficient (Wildman–Crippen LogP) is 14.1. The normalized spacial score (nSPS) is 17.2. The van der Waals surface area contributed by atoms with Crippen LogP contribution in [-0.4, -0.2) is 37.7 Å². The van der Waals surface area contributed by atoms with Gasteiger partial charge in [0.2, 0.25) is 0 Å². The van der Waals surface area contributed by atoms with Crippen LogP contribution in [0.2, 0.25) is 0 Å². The van der Waals surface area contributed by atoms with Gasteiger partial charge in [0.05, 0.1) is 12.2 Å². The van der Waals surface area contributed by atoms with Gasteiger partial charge >= 0.3 is 0 Å². The third-order valence-corrected chi connectivity index (χ3v) is 9.92. The molecule has 268 valence electrons. The van der Waals surface area contributed by atoms with E-state index < -0.39 is 0 Å². The van der Waals surface area contributed by atoms with Crippen molar-refractivity contribution in [2.75, 3.05) is 27.2 Å². The smallest absolute Gasteiger partial charge is 0.0682 e. The van der Waals surface area contributed by atoms with E-state index in [2.05, 4.69) is 81.5 Å². The highest BCUT2D eigenvalue weighted by atomic mass is 16.5. The quantitative estimate of drug-likeness (QED) is 0.0536. The summed E-state index contributed by atoms with van der Waals surface area (Å²) < 4.78 is 6.78. The van der Waals surface area contributed by atoms with E-state index in [4.69, 9.17) is 4.74 Å². The van der Waals surface area contributed by atoms with Crippen LogP contribution < -0.4 is 0 Å². The molecule has 0 bridgehead atoms. The second-order valence-electron chi connectivity index (χ2n) is 14.8. The second-order valence-corrected chi connectivity index (χ2v) is 14.8. The molecule has 1 aliphatic rings. The molecule has 1 heterocycles. The molecule has 0 aromatic heterocycles. The van der Waals surface area contributed by atoms with E-state index in [1.807, 2.05) is 0 Å². The van der Waals surface area contributed by atoms with Crippen molar-refractivity contribution < 1.29 is 4.74 Å². The first-order valence-corrected chi connectivity index (χ1v) is 20.5. The van der Waals surface area contributed by atoms with Crippen LogP contribution in [0, 0.1) is 5.92 Å². The number of ether oxygens (including phenoxy) is 1. The van der Waals surface area contributed by atoms with Crippen molar-refractivity contribution in [3.05, 3.63) is 48.6 Å². The summed E-state index contributed by atoms with van der Waals surface area (Å²) in [6, 6.07) is 0. The third kappa shape index (κ3) is 26.9. The van der Waals surface area contributed by atoms with Gasteiger partial charge < -0.3 is 9.64 Å². The summed E-state index contributed by atoms with van der Waals surface area (Å²) in [5.41, 5.74) is 0.174. The van der Waals surface area contributed by atoms with Crippen LogP contribution in [0.4, 0.5) is 0 Å². The Morgan fingerprint density at radius 1 is 0.522 bits per heavy atom. The molecule has 1 fully saturated rings. The summed E-state index contributed by atoms with van der Waals surface area (Å²) in [5, 5.41) is 0. The first-order chi connectivity index (χ1) is 22.6. The van der Waals surface area contributed by atoms with Gasteiger partial charge in [0.1, 0.15) is 0 Å². The Kier molecular flexibility index (Phi) is 30.2. The van der Waals surface area contributed by atoms with Gasteiger partial charge in [-0.05, 0) is 110 Å². The van der Waals surface area contributed by atoms with Crippen LogP contribution in [0.5, 0.6) is 0 Å². The lowest BCUT2D eigenvalue weighted by Gasteiger charge is -2.41. The van der Waals surface area contributed by atoms with Crippen LogP contribution >= 0.6 is 0 Å². The summed E-state index contributed by atoms with van der Waals surface area (Å²) in [4.78, 5) is 2.34. The Morgan fingerprint density at radius 3 is 1.28 bits per heavy atom. The summed E-state index contributed by atoms with van der Waals surface area (Å²) in [6.07, 6.45) is 56.0. The van der Waals surface area contributed by atoms with E-state index >= 15 is 0 Å². The van der Waals surface area contributed by atoms with E-state index in [1.54, 1.807) is 0 Å². The van der Waals surface area contributed by atoms with E-state index in [1.165, 1.54) is 173 Å². The van der Waals surface area contributed by atoms with Crippen molar-refractivity contribution in [1.29, 1.82) is 0 Å². The van der Waals surface area contributed by atoms with Gasteiger partial charge in [-0.2, -0.15) is 0 Å². The maximum Gasteiger partial charge on any atom is 0.0682 e. The predicted molar refractivity (Wildman–Crippen MR) is 208 cm³/mol. The number of rotatable bonds is 32. The summed E-state index contributed by atoms with van der Waals surface area (Å²) in [6.45, 7) is 6.70. The lowest BCUT2D eigenvalue weighted by atomic mass is 9.81. The monoisotopic (exact) mass is 640 g/mol. The van der Waals surface area contributed by atoms with Gasteiger partial charge in [0.15, 0.2) is 0 Å². The molecule has 2 nitrogen and oxygen atoms in total. The molecule has 1 saturated heterocycles. The Bertz CT molecular complexity index is 689. The fourth-order valence-electron chi connectivity index (χ4n) is 6.97. The minimum absolute atomic E-state index is 0.174. The first kappa shape index (κ1) is 42.9. The molecule has 0 aromatic carbocycles. The van der Waals surface area contributed by atoms with Crippen LogP contribution in [0.1, 0.15) is 194 Å². The molecule has 1 aliphatic heterocycles. The number of allylic oxidation sites excluding steroid dienone is 8. The van der Waals surface area contributed by atoms with E-state index in [-0.39, 0.29) is 5.60 Å². The van der Waals surface area contributed by atoms with E-state index in [0.717, 1.165) is 25.4 Å². The minimum atomic E-state index is 0.174. The van der Waals surface area contributed by atoms with Crippen LogP contribution in [0.15, 0.2) is 48.6 Å². The van der Waals surface area contributed by atoms with Gasteiger partial charge in [0.25, 0.3) is 0 Å². The van der Waals surface area contributed by atoms with Crippen LogP contribution in [0.3, 0.4) is 0 Å². The molecule has 2 heteroatoms. The molecule has 0 spiro atoms. The fraction of sp³-hybridized carbons (Fsp3) is 0.818. The highest BCUT2D eigenvalue weighted by Crippen LogP contribution is 2.37. The zero-order chi connectivity index (χ0) is 33.2. The van der Waals surface area contributed by atoms with Gasteiger partial charge in [-0.1, -0.05) is 152 Å². The molecule has 0 amide bonds. The van der Waals surface area contributed by atoms with Gasteiger partial charge in [-0.25, -0.2) is 0 Å². The average molecular weight is 640 g/mol. The molecule has 1 atom stereocenters. The largest absolute Gasteiger partial charge is 0.375 e. The van der Waals surface area contributed by atoms with Crippen molar-refractivity contribution in [2.24, 2.45) is 5.92 Å². The maximum atomic E-state index is 6.78. The zero-order valence-electron chi connectivity index (χ0n) is 31.8. The number of hydrogen-bond acceptors (Lipinski definition) is 2. The Labute approximate surface area is 290 Å². The molecular weight excluding hydrogens is 558 g/mol. The number of unbranched alkanes of at least 4 members (excludes halogenated alkanes) is 18. The highest BCUT2D eigenvalue weighted by molar-refractivity contribution is 4.93. The third-order valence-electron chi connectivity index (χ3n) is 9.92. The van der Waals surface area contributed by atoms with Crippen molar-refractivity contribution in [3.8, 4) is 0 Å². The summed E-state index contributed by atoms with van der Waals surface area (Å²) in [5.74, 6) is 0.717. The Hall–Kier alpha value is -1.12. The number of hydrogen-bond donors (Lipinski definition) is 0. The van der Waals surface area contributed by atoms with E-state index in [9.17, 15) is 0 Å². The maximum absolute atomic E-state index is 6.78. The zero-order valence-corrected chi connectivity index (χ0v) is 31.8. The number of nitrogens with zero attached hydrogens (tertiary/aromatic N) is 1. The molecular formula is C44H81NO. The molecule has 0 aromatic rings. The molecule has 1 unspecified atom stereocenters. The first-order valence-electron chi connectivity index (χ1n) is 20.5. The average Bonchev–Trinajstić information content (AvgIpc) is 3.05. The summed E-state index contributed by atoms with van der Waals surface area (Å²) >= 11 is 0. The molecule has 0 aliphatic carbocycles. The second kappa shape index (κ2) is 32.4. The van der Waals surface area contributed by atoms with Gasteiger partial charge in [-0.3, -0.25) is 0 Å². The SMILES string of the molecule is CCCCC/C=C\C/C=C\CCCCCCCCC1(CCCCCCCC/C=C\C/C=C\CCCCC)CCC(CN(C)C)CO1. The molecule has 0 radical (unpaired) electrons. The Morgan fingerprint density at radius 2 is 0.913 bits per heavy atom. The lowest BCUT2D eigenvalue weighted by molar-refractivity contribution is -0.114. The summed E-state index contributed by atoms with van der Waals surface area (Å²) in [7, 11) is 4.41. The van der Waals surface area contributed by atoms with Crippen molar-refractivity contribution >= 4 is 0 Å². The molecule has 46 heavy (non-hydrogen) atoms. The van der Waals surface area contributed by atoms with E-state index in [0.29, 0.717) is 0 Å². The standard InChI is InChI=1S/C44H81NO/c1-5-7-9-11-13-15-17-19-21-23-25-27-29-31-33-35-38-44(40-37-43(42-46-44)41-45(3)4)39-36-34-32-30-28-26-24-22-20-18-16-14-12-10-8-6-2/h13-16,19-22,43H,5-12,17-18,23-42H2,1-4H3/b15-13-,16-14-,21-19-,22-20-. The lowest BCUT2D eigenvalue weighted by Crippen LogP contribution is -2.42.